The number of fused-ring (bicyclic) bond motifs is 2. The van der Waals surface area contributed by atoms with Gasteiger partial charge in [0.2, 0.25) is 0 Å². The summed E-state index contributed by atoms with van der Waals surface area (Å²) in [6.45, 7) is -0.0204. The molecule has 0 N–H and O–H groups in total. The van der Waals surface area contributed by atoms with Gasteiger partial charge in [-0.25, -0.2) is 9.18 Å². The maximum atomic E-state index is 14.2. The molecule has 0 aliphatic carbocycles. The maximum Gasteiger partial charge on any atom is 0.374 e. The van der Waals surface area contributed by atoms with Crippen LogP contribution in [0.2, 0.25) is 0 Å². The number of nitrogens with zero attached hydrogens (tertiary/aromatic N) is 1. The maximum absolute atomic E-state index is 14.2. The summed E-state index contributed by atoms with van der Waals surface area (Å²) in [6, 6.07) is 10.7. The monoisotopic (exact) mass is 385 g/mol. The number of imide groups is 1. The highest BCUT2D eigenvalue weighted by Gasteiger charge is 2.39. The van der Waals surface area contributed by atoms with E-state index in [4.69, 9.17) is 9.57 Å². The van der Waals surface area contributed by atoms with Crippen molar-refractivity contribution in [2.45, 2.75) is 6.61 Å². The standard InChI is InChI=1S/C19H12FNO5S/c1-25-9-12-15-13(20)7-4-8-14(15)27-16(12)19(24)26-21-17(22)10-5-2-3-6-11(10)18(21)23/h2-8H,9H2,1H3. The molecule has 2 aromatic carbocycles. The van der Waals surface area contributed by atoms with Crippen molar-refractivity contribution in [3.8, 4) is 0 Å². The number of carbonyl (C=O) groups excluding carboxylic acids is 3. The first kappa shape index (κ1) is 17.3. The number of hydroxylamine groups is 2. The van der Waals surface area contributed by atoms with Crippen molar-refractivity contribution in [1.29, 1.82) is 0 Å². The van der Waals surface area contributed by atoms with Crippen molar-refractivity contribution in [1.82, 2.24) is 5.06 Å². The van der Waals surface area contributed by atoms with E-state index < -0.39 is 23.6 Å². The molecule has 8 heteroatoms. The van der Waals surface area contributed by atoms with Crippen LogP contribution in [0, 0.1) is 5.82 Å². The van der Waals surface area contributed by atoms with Crippen LogP contribution in [0.3, 0.4) is 0 Å². The molecule has 27 heavy (non-hydrogen) atoms. The van der Waals surface area contributed by atoms with Gasteiger partial charge in [-0.1, -0.05) is 23.3 Å². The summed E-state index contributed by atoms with van der Waals surface area (Å²) < 4.78 is 19.9. The number of benzene rings is 2. The number of ether oxygens (including phenoxy) is 1. The van der Waals surface area contributed by atoms with Gasteiger partial charge in [-0.2, -0.15) is 0 Å². The summed E-state index contributed by atoms with van der Waals surface area (Å²) in [7, 11) is 1.42. The van der Waals surface area contributed by atoms with Gasteiger partial charge in [-0.3, -0.25) is 9.59 Å². The summed E-state index contributed by atoms with van der Waals surface area (Å²) in [5.41, 5.74) is 0.641. The minimum Gasteiger partial charge on any atom is -0.380 e. The van der Waals surface area contributed by atoms with Crippen LogP contribution in [-0.4, -0.2) is 30.0 Å². The Morgan fingerprint density at radius 1 is 1.07 bits per heavy atom. The van der Waals surface area contributed by atoms with E-state index in [1.54, 1.807) is 18.2 Å². The number of carbonyl (C=O) groups is 3. The van der Waals surface area contributed by atoms with E-state index in [9.17, 15) is 18.8 Å². The summed E-state index contributed by atoms with van der Waals surface area (Å²) >= 11 is 1.01. The van der Waals surface area contributed by atoms with E-state index in [1.165, 1.54) is 31.4 Å². The lowest BCUT2D eigenvalue weighted by Gasteiger charge is -2.12. The molecule has 2 heterocycles. The minimum absolute atomic E-state index is 0.0204. The van der Waals surface area contributed by atoms with E-state index in [0.29, 0.717) is 15.3 Å². The normalized spacial score (nSPS) is 13.3. The van der Waals surface area contributed by atoms with Gasteiger partial charge in [-0.05, 0) is 24.3 Å². The van der Waals surface area contributed by atoms with Crippen LogP contribution in [0.4, 0.5) is 4.39 Å². The predicted molar refractivity (Wildman–Crippen MR) is 94.9 cm³/mol. The van der Waals surface area contributed by atoms with Crippen molar-refractivity contribution in [3.63, 3.8) is 0 Å². The molecule has 1 aromatic heterocycles. The predicted octanol–water partition coefficient (Wildman–Crippen LogP) is 3.55. The molecule has 2 amide bonds. The molecule has 0 unspecified atom stereocenters. The van der Waals surface area contributed by atoms with E-state index in [0.717, 1.165) is 11.3 Å². The summed E-state index contributed by atoms with van der Waals surface area (Å²) in [5, 5.41) is 0.697. The first-order valence-electron chi connectivity index (χ1n) is 7.92. The second-order valence-corrected chi connectivity index (χ2v) is 6.84. The molecule has 0 saturated heterocycles. The Hall–Kier alpha value is -3.10. The average Bonchev–Trinajstić information content (AvgIpc) is 3.15. The molecule has 0 bridgehead atoms. The lowest BCUT2D eigenvalue weighted by molar-refractivity contribution is -0.0582. The highest BCUT2D eigenvalue weighted by Crippen LogP contribution is 2.35. The van der Waals surface area contributed by atoms with Crippen molar-refractivity contribution < 1.29 is 28.3 Å². The molecule has 136 valence electrons. The topological polar surface area (TPSA) is 72.9 Å². The van der Waals surface area contributed by atoms with Crippen LogP contribution in [0.5, 0.6) is 0 Å². The molecule has 4 rings (SSSR count). The van der Waals surface area contributed by atoms with Gasteiger partial charge in [0.15, 0.2) is 0 Å². The fourth-order valence-electron chi connectivity index (χ4n) is 2.99. The fourth-order valence-corrected chi connectivity index (χ4v) is 4.08. The van der Waals surface area contributed by atoms with Gasteiger partial charge < -0.3 is 9.57 Å². The number of hydrogen-bond acceptors (Lipinski definition) is 6. The second kappa shape index (κ2) is 6.57. The van der Waals surface area contributed by atoms with E-state index in [2.05, 4.69) is 0 Å². The zero-order chi connectivity index (χ0) is 19.1. The molecule has 0 saturated carbocycles. The molecule has 1 aliphatic heterocycles. The molecule has 3 aromatic rings. The van der Waals surface area contributed by atoms with Gasteiger partial charge in [0.05, 0.1) is 17.7 Å². The van der Waals surface area contributed by atoms with Gasteiger partial charge >= 0.3 is 5.97 Å². The highest BCUT2D eigenvalue weighted by atomic mass is 32.1. The molecule has 0 atom stereocenters. The van der Waals surface area contributed by atoms with Crippen molar-refractivity contribution in [2.24, 2.45) is 0 Å². The van der Waals surface area contributed by atoms with Crippen LogP contribution < -0.4 is 0 Å². The van der Waals surface area contributed by atoms with Crippen LogP contribution in [0.15, 0.2) is 42.5 Å². The number of rotatable bonds is 4. The fraction of sp³-hybridized carbons (Fsp3) is 0.105. The molecule has 0 radical (unpaired) electrons. The molecule has 6 nitrogen and oxygen atoms in total. The molecular weight excluding hydrogens is 373 g/mol. The Morgan fingerprint density at radius 2 is 1.74 bits per heavy atom. The Balaban J connectivity index is 1.70. The van der Waals surface area contributed by atoms with E-state index >= 15 is 0 Å². The number of thiophene rings is 1. The van der Waals surface area contributed by atoms with E-state index in [-0.39, 0.29) is 28.0 Å². The van der Waals surface area contributed by atoms with Gasteiger partial charge in [0.25, 0.3) is 11.8 Å². The van der Waals surface area contributed by atoms with Gasteiger partial charge in [-0.15, -0.1) is 11.3 Å². The first-order chi connectivity index (χ1) is 13.0. The molecular formula is C19H12FNO5S. The van der Waals surface area contributed by atoms with Crippen LogP contribution >= 0.6 is 11.3 Å². The van der Waals surface area contributed by atoms with Crippen LogP contribution in [0.25, 0.3) is 10.1 Å². The SMILES string of the molecule is COCc1c(C(=O)ON2C(=O)c3ccccc3C2=O)sc2cccc(F)c12. The Morgan fingerprint density at radius 3 is 2.37 bits per heavy atom. The smallest absolute Gasteiger partial charge is 0.374 e. The van der Waals surface area contributed by atoms with Crippen molar-refractivity contribution in [2.75, 3.05) is 7.11 Å². The minimum atomic E-state index is -0.919. The molecule has 0 fully saturated rings. The lowest BCUT2D eigenvalue weighted by atomic mass is 10.1. The second-order valence-electron chi connectivity index (χ2n) is 5.78. The van der Waals surface area contributed by atoms with E-state index in [1.807, 2.05) is 0 Å². The van der Waals surface area contributed by atoms with Crippen molar-refractivity contribution >= 4 is 39.2 Å². The third-order valence-corrected chi connectivity index (χ3v) is 5.35. The highest BCUT2D eigenvalue weighted by molar-refractivity contribution is 7.21. The third kappa shape index (κ3) is 2.70. The zero-order valence-corrected chi connectivity index (χ0v) is 14.8. The molecule has 0 spiro atoms. The van der Waals surface area contributed by atoms with Gasteiger partial charge in [0.1, 0.15) is 10.7 Å². The summed E-state index contributed by atoms with van der Waals surface area (Å²) in [6.07, 6.45) is 0. The Labute approximate surface area is 156 Å². The zero-order valence-electron chi connectivity index (χ0n) is 14.0. The Bertz CT molecular complexity index is 1070. The Kier molecular flexibility index (Phi) is 4.21. The average molecular weight is 385 g/mol. The number of amides is 2. The largest absolute Gasteiger partial charge is 0.380 e. The van der Waals surface area contributed by atoms with Crippen LogP contribution in [0.1, 0.15) is 36.0 Å². The van der Waals surface area contributed by atoms with Gasteiger partial charge in [0, 0.05) is 22.8 Å². The lowest BCUT2D eigenvalue weighted by Crippen LogP contribution is -2.32. The van der Waals surface area contributed by atoms with Crippen molar-refractivity contribution in [3.05, 3.63) is 69.8 Å². The first-order valence-corrected chi connectivity index (χ1v) is 8.73. The quantitative estimate of drug-likeness (QED) is 0.642. The third-order valence-electron chi connectivity index (χ3n) is 4.17. The number of methoxy groups -OCH3 is 1. The summed E-state index contributed by atoms with van der Waals surface area (Å²) in [4.78, 5) is 42.6. The summed E-state index contributed by atoms with van der Waals surface area (Å²) in [5.74, 6) is -2.85. The number of halogens is 1. The van der Waals surface area contributed by atoms with Crippen LogP contribution in [-0.2, 0) is 16.2 Å². The molecule has 1 aliphatic rings. The number of hydrogen-bond donors (Lipinski definition) is 0.